The lowest BCUT2D eigenvalue weighted by Gasteiger charge is -2.15. The van der Waals surface area contributed by atoms with Crippen molar-refractivity contribution < 1.29 is 32.6 Å². The molecule has 4 aromatic rings. The molecule has 39 heavy (non-hydrogen) atoms. The maximum absolute atomic E-state index is 14.7. The van der Waals surface area contributed by atoms with E-state index in [1.54, 1.807) is 13.2 Å². The van der Waals surface area contributed by atoms with Gasteiger partial charge < -0.3 is 26.2 Å². The number of anilines is 5. The van der Waals surface area contributed by atoms with Gasteiger partial charge in [0.25, 0.3) is 11.9 Å². The number of amides is 1. The number of nitrogens with zero attached hydrogens (tertiary/aromatic N) is 4. The van der Waals surface area contributed by atoms with Crippen LogP contribution in [0.3, 0.4) is 0 Å². The highest BCUT2D eigenvalue weighted by molar-refractivity contribution is 6.32. The smallest absolute Gasteiger partial charge is 0.416 e. The number of nitrogens with one attached hydrogen (secondary N) is 3. The standard InChI is InChI=1S/C24H18ClF4N7O3/c1-36-11-18(21(25)35-36)33-23-30-10-15(12-2-4-13(5-3-12)24(27,28)29)22(34-23)32-17-8-14(6-7-16(17)26)31-19(37)9-20(38)39/h2-11,38-39H,1H3,(H,31,37)(H2,30,32,33,34). The van der Waals surface area contributed by atoms with Crippen LogP contribution in [-0.4, -0.2) is 35.9 Å². The summed E-state index contributed by atoms with van der Waals surface area (Å²) in [6.07, 6.45) is -1.15. The molecule has 0 atom stereocenters. The van der Waals surface area contributed by atoms with E-state index in [2.05, 4.69) is 31.0 Å². The summed E-state index contributed by atoms with van der Waals surface area (Å²) >= 11 is 6.08. The highest BCUT2D eigenvalue weighted by Crippen LogP contribution is 2.35. The molecule has 0 aliphatic heterocycles. The Morgan fingerprint density at radius 3 is 2.41 bits per heavy atom. The number of carbonyl (C=O) groups is 1. The Labute approximate surface area is 222 Å². The van der Waals surface area contributed by atoms with Crippen LogP contribution in [-0.2, 0) is 18.0 Å². The van der Waals surface area contributed by atoms with Crippen molar-refractivity contribution in [2.24, 2.45) is 7.05 Å². The number of benzene rings is 2. The topological polar surface area (TPSA) is 137 Å². The van der Waals surface area contributed by atoms with Gasteiger partial charge in [-0.15, -0.1) is 0 Å². The molecule has 0 bridgehead atoms. The fraction of sp³-hybridized carbons (Fsp3) is 0.0833. The molecule has 1 amide bonds. The van der Waals surface area contributed by atoms with Crippen molar-refractivity contribution in [2.45, 2.75) is 6.18 Å². The summed E-state index contributed by atoms with van der Waals surface area (Å²) in [5, 5.41) is 29.8. The monoisotopic (exact) mass is 563 g/mol. The SMILES string of the molecule is Cn1cc(Nc2ncc(-c3ccc(C(F)(F)F)cc3)c(Nc3cc(NC(=O)C=C(O)O)ccc3F)n2)c(Cl)n1. The average Bonchev–Trinajstić information content (AvgIpc) is 3.16. The molecule has 2 aromatic carbocycles. The quantitative estimate of drug-likeness (QED) is 0.104. The van der Waals surface area contributed by atoms with E-state index >= 15 is 0 Å². The van der Waals surface area contributed by atoms with Crippen molar-refractivity contribution in [1.82, 2.24) is 19.7 Å². The molecular weight excluding hydrogens is 546 g/mol. The third kappa shape index (κ3) is 6.73. The second kappa shape index (κ2) is 10.9. The maximum Gasteiger partial charge on any atom is 0.416 e. The molecule has 15 heteroatoms. The van der Waals surface area contributed by atoms with Crippen molar-refractivity contribution in [3.8, 4) is 11.1 Å². The van der Waals surface area contributed by atoms with Gasteiger partial charge in [0.1, 0.15) is 11.6 Å². The summed E-state index contributed by atoms with van der Waals surface area (Å²) in [4.78, 5) is 20.4. The van der Waals surface area contributed by atoms with E-state index in [0.717, 1.165) is 18.2 Å². The van der Waals surface area contributed by atoms with E-state index in [-0.39, 0.29) is 33.9 Å². The van der Waals surface area contributed by atoms with E-state index in [1.807, 2.05) is 0 Å². The number of rotatable bonds is 7. The van der Waals surface area contributed by atoms with Crippen molar-refractivity contribution in [3.05, 3.63) is 83.4 Å². The molecule has 2 heterocycles. The van der Waals surface area contributed by atoms with Crippen LogP contribution in [0, 0.1) is 5.82 Å². The van der Waals surface area contributed by atoms with Gasteiger partial charge in [0.2, 0.25) is 5.95 Å². The predicted molar refractivity (Wildman–Crippen MR) is 136 cm³/mol. The van der Waals surface area contributed by atoms with Crippen LogP contribution < -0.4 is 16.0 Å². The first kappa shape index (κ1) is 27.2. The molecule has 0 aliphatic carbocycles. The number of halogens is 5. The lowest BCUT2D eigenvalue weighted by atomic mass is 10.1. The van der Waals surface area contributed by atoms with Gasteiger partial charge in [-0.25, -0.2) is 9.37 Å². The first-order valence-electron chi connectivity index (χ1n) is 10.9. The van der Waals surface area contributed by atoms with Crippen LogP contribution in [0.5, 0.6) is 0 Å². The zero-order valence-corrected chi connectivity index (χ0v) is 20.5. The van der Waals surface area contributed by atoms with Gasteiger partial charge in [0.05, 0.1) is 23.0 Å². The summed E-state index contributed by atoms with van der Waals surface area (Å²) < 4.78 is 55.4. The molecule has 2 aromatic heterocycles. The lowest BCUT2D eigenvalue weighted by Crippen LogP contribution is -2.10. The van der Waals surface area contributed by atoms with Gasteiger partial charge in [-0.2, -0.15) is 23.3 Å². The van der Waals surface area contributed by atoms with Gasteiger partial charge >= 0.3 is 6.18 Å². The molecule has 0 spiro atoms. The average molecular weight is 564 g/mol. The van der Waals surface area contributed by atoms with E-state index in [0.29, 0.717) is 17.3 Å². The second-order valence-corrected chi connectivity index (χ2v) is 8.33. The first-order valence-corrected chi connectivity index (χ1v) is 11.2. The normalized spacial score (nSPS) is 11.1. The third-order valence-corrected chi connectivity index (χ3v) is 5.37. The molecule has 0 saturated heterocycles. The van der Waals surface area contributed by atoms with Crippen LogP contribution in [0.25, 0.3) is 11.1 Å². The van der Waals surface area contributed by atoms with Crippen LogP contribution in [0.2, 0.25) is 5.15 Å². The molecule has 10 nitrogen and oxygen atoms in total. The van der Waals surface area contributed by atoms with Crippen molar-refractivity contribution in [3.63, 3.8) is 0 Å². The number of aliphatic hydroxyl groups is 2. The Morgan fingerprint density at radius 1 is 1.08 bits per heavy atom. The van der Waals surface area contributed by atoms with Crippen LogP contribution in [0.1, 0.15) is 5.56 Å². The summed E-state index contributed by atoms with van der Waals surface area (Å²) in [5.74, 6) is -2.85. The number of alkyl halides is 3. The van der Waals surface area contributed by atoms with Crippen LogP contribution >= 0.6 is 11.6 Å². The molecule has 0 fully saturated rings. The van der Waals surface area contributed by atoms with Gasteiger partial charge in [-0.05, 0) is 35.9 Å². The Bertz CT molecular complexity index is 1550. The molecule has 0 saturated carbocycles. The van der Waals surface area contributed by atoms with Crippen molar-refractivity contribution in [2.75, 3.05) is 16.0 Å². The van der Waals surface area contributed by atoms with E-state index in [4.69, 9.17) is 21.8 Å². The van der Waals surface area contributed by atoms with Crippen molar-refractivity contribution >= 4 is 46.3 Å². The molecular formula is C24H18ClF4N7O3. The number of aryl methyl sites for hydroxylation is 1. The molecule has 5 N–H and O–H groups in total. The zero-order valence-electron chi connectivity index (χ0n) is 19.8. The highest BCUT2D eigenvalue weighted by atomic mass is 35.5. The highest BCUT2D eigenvalue weighted by Gasteiger charge is 2.30. The Hall–Kier alpha value is -4.85. The summed E-state index contributed by atoms with van der Waals surface area (Å²) in [6, 6.07) is 7.70. The van der Waals surface area contributed by atoms with Gasteiger partial charge in [0, 0.05) is 30.7 Å². The number of aromatic nitrogens is 4. The minimum atomic E-state index is -4.54. The van der Waals surface area contributed by atoms with Crippen LogP contribution in [0.4, 0.5) is 46.4 Å². The lowest BCUT2D eigenvalue weighted by molar-refractivity contribution is -0.137. The fourth-order valence-electron chi connectivity index (χ4n) is 3.37. The first-order chi connectivity index (χ1) is 18.4. The van der Waals surface area contributed by atoms with E-state index < -0.39 is 29.4 Å². The number of aliphatic hydroxyl groups excluding tert-OH is 1. The van der Waals surface area contributed by atoms with E-state index in [9.17, 15) is 22.4 Å². The summed E-state index contributed by atoms with van der Waals surface area (Å²) in [7, 11) is 1.64. The molecule has 0 aliphatic rings. The Kier molecular flexibility index (Phi) is 7.58. The van der Waals surface area contributed by atoms with E-state index in [1.165, 1.54) is 35.1 Å². The van der Waals surface area contributed by atoms with Crippen LogP contribution in [0.15, 0.2) is 66.9 Å². The number of hydrogen-bond donors (Lipinski definition) is 5. The van der Waals surface area contributed by atoms with Gasteiger partial charge in [-0.1, -0.05) is 23.7 Å². The zero-order chi connectivity index (χ0) is 28.3. The summed E-state index contributed by atoms with van der Waals surface area (Å²) in [6.45, 7) is 0. The van der Waals surface area contributed by atoms with Gasteiger partial charge in [-0.3, -0.25) is 9.48 Å². The Morgan fingerprint density at radius 2 is 1.79 bits per heavy atom. The van der Waals surface area contributed by atoms with Crippen molar-refractivity contribution in [1.29, 1.82) is 0 Å². The Balaban J connectivity index is 1.73. The largest absolute Gasteiger partial charge is 0.481 e. The maximum atomic E-state index is 14.7. The third-order valence-electron chi connectivity index (χ3n) is 5.09. The minimum Gasteiger partial charge on any atom is -0.481 e. The minimum absolute atomic E-state index is 0.00236. The second-order valence-electron chi connectivity index (χ2n) is 7.97. The number of carbonyl (C=O) groups excluding carboxylic acids is 1. The molecule has 0 radical (unpaired) electrons. The fourth-order valence-corrected chi connectivity index (χ4v) is 3.59. The molecule has 0 unspecified atom stereocenters. The number of hydrogen-bond acceptors (Lipinski definition) is 8. The predicted octanol–water partition coefficient (Wildman–Crippen LogP) is 6.07. The molecule has 4 rings (SSSR count). The molecule has 202 valence electrons. The van der Waals surface area contributed by atoms with Gasteiger partial charge in [0.15, 0.2) is 5.15 Å². The summed E-state index contributed by atoms with van der Waals surface area (Å²) in [5.41, 5.74) is -0.0419.